The second-order valence-corrected chi connectivity index (χ2v) is 4.09. The lowest BCUT2D eigenvalue weighted by Gasteiger charge is -2.09. The Hall–Kier alpha value is -2.51. The number of nitrogens with two attached hydrogens (primary N) is 1. The molecule has 2 aromatic carbocycles. The van der Waals surface area contributed by atoms with E-state index in [9.17, 15) is 26.9 Å². The predicted octanol–water partition coefficient (Wildman–Crippen LogP) is 3.73. The average molecular weight is 302 g/mol. The standard InChI is InChI=1S/C13H7F5N2O/c14-10-2-1-3-11(15)12(10)7-4-8(13(16,17)18)6-9(5-7)20(19)21/h1-5H,(H2,19,21)/q+1. The number of nitrogens with zero attached hydrogens (tertiary/aromatic N) is 1. The summed E-state index contributed by atoms with van der Waals surface area (Å²) in [4.78, 5) is 10.6. The molecule has 3 nitrogen and oxygen atoms in total. The average Bonchev–Trinajstić information content (AvgIpc) is 2.37. The van der Waals surface area contributed by atoms with Crippen LogP contribution in [-0.4, -0.2) is 4.87 Å². The fourth-order valence-corrected chi connectivity index (χ4v) is 1.74. The molecular weight excluding hydrogens is 295 g/mol. The lowest BCUT2D eigenvalue weighted by atomic mass is 10.0. The van der Waals surface area contributed by atoms with Crippen LogP contribution in [0, 0.1) is 22.6 Å². The lowest BCUT2D eigenvalue weighted by molar-refractivity contribution is -0.475. The van der Waals surface area contributed by atoms with Crippen LogP contribution in [0.1, 0.15) is 5.56 Å². The van der Waals surface area contributed by atoms with Gasteiger partial charge in [0.15, 0.2) is 4.87 Å². The van der Waals surface area contributed by atoms with Gasteiger partial charge in [-0.1, -0.05) is 6.07 Å². The zero-order valence-corrected chi connectivity index (χ0v) is 10.2. The minimum atomic E-state index is -4.84. The van der Waals surface area contributed by atoms with Crippen LogP contribution in [0.3, 0.4) is 0 Å². The van der Waals surface area contributed by atoms with Gasteiger partial charge in [0.05, 0.1) is 22.1 Å². The lowest BCUT2D eigenvalue weighted by Crippen LogP contribution is -2.12. The van der Waals surface area contributed by atoms with Gasteiger partial charge < -0.3 is 0 Å². The number of halogens is 5. The number of hydrazine groups is 1. The van der Waals surface area contributed by atoms with E-state index in [4.69, 9.17) is 5.84 Å². The Labute approximate surface area is 115 Å². The van der Waals surface area contributed by atoms with Crippen molar-refractivity contribution in [2.75, 3.05) is 0 Å². The Morgan fingerprint density at radius 1 is 1.10 bits per heavy atom. The molecule has 0 saturated heterocycles. The van der Waals surface area contributed by atoms with Crippen molar-refractivity contribution in [1.82, 2.24) is 0 Å². The van der Waals surface area contributed by atoms with Crippen LogP contribution in [0.4, 0.5) is 27.6 Å². The van der Waals surface area contributed by atoms with Gasteiger partial charge in [0.1, 0.15) is 11.6 Å². The van der Waals surface area contributed by atoms with Crippen molar-refractivity contribution in [3.05, 3.63) is 58.5 Å². The van der Waals surface area contributed by atoms with Gasteiger partial charge >= 0.3 is 11.9 Å². The van der Waals surface area contributed by atoms with Crippen molar-refractivity contribution >= 4 is 5.69 Å². The third kappa shape index (κ3) is 2.99. The molecule has 0 unspecified atom stereocenters. The first-order valence-electron chi connectivity index (χ1n) is 5.51. The van der Waals surface area contributed by atoms with Gasteiger partial charge in [-0.25, -0.2) is 8.78 Å². The SMILES string of the molecule is N[N+](=O)c1[c]c(C(F)(F)F)cc(-c2c(F)cccc2F)c1. The Kier molecular flexibility index (Phi) is 3.63. The van der Waals surface area contributed by atoms with Gasteiger partial charge in [0.2, 0.25) is 0 Å². The highest BCUT2D eigenvalue weighted by Crippen LogP contribution is 2.36. The highest BCUT2D eigenvalue weighted by Gasteiger charge is 2.34. The first-order chi connectivity index (χ1) is 9.70. The van der Waals surface area contributed by atoms with E-state index in [-0.39, 0.29) is 4.87 Å². The summed E-state index contributed by atoms with van der Waals surface area (Å²) in [5.74, 6) is 2.72. The van der Waals surface area contributed by atoms with E-state index in [2.05, 4.69) is 0 Å². The molecule has 0 aliphatic carbocycles. The van der Waals surface area contributed by atoms with E-state index in [0.717, 1.165) is 24.3 Å². The molecule has 2 N–H and O–H groups in total. The topological polar surface area (TPSA) is 46.1 Å². The van der Waals surface area contributed by atoms with Crippen molar-refractivity contribution in [2.24, 2.45) is 5.84 Å². The minimum absolute atomic E-state index is 0.364. The summed E-state index contributed by atoms with van der Waals surface area (Å²) in [6.45, 7) is 0. The first-order valence-corrected chi connectivity index (χ1v) is 5.51. The zero-order chi connectivity index (χ0) is 15.8. The van der Waals surface area contributed by atoms with E-state index in [1.807, 2.05) is 0 Å². The number of hydrogen-bond donors (Lipinski definition) is 1. The van der Waals surface area contributed by atoms with E-state index in [1.54, 1.807) is 6.07 Å². The second-order valence-electron chi connectivity index (χ2n) is 4.09. The molecule has 0 atom stereocenters. The van der Waals surface area contributed by atoms with Crippen LogP contribution >= 0.6 is 0 Å². The molecular formula is C13H7F5N2O+. The van der Waals surface area contributed by atoms with Gasteiger partial charge in [-0.15, -0.1) is 0 Å². The predicted molar refractivity (Wildman–Crippen MR) is 63.1 cm³/mol. The quantitative estimate of drug-likeness (QED) is 0.397. The second kappa shape index (κ2) is 5.12. The smallest absolute Gasteiger partial charge is 0.206 e. The summed E-state index contributed by atoms with van der Waals surface area (Å²) in [6.07, 6.45) is -4.84. The zero-order valence-electron chi connectivity index (χ0n) is 10.2. The molecule has 0 heterocycles. The molecule has 1 radical (unpaired) electrons. The van der Waals surface area contributed by atoms with Gasteiger partial charge in [-0.3, -0.25) is 0 Å². The third-order valence-electron chi connectivity index (χ3n) is 2.65. The highest BCUT2D eigenvalue weighted by molar-refractivity contribution is 5.68. The molecule has 8 heteroatoms. The summed E-state index contributed by atoms with van der Waals surface area (Å²) in [5.41, 5.74) is -3.19. The number of hydrogen-bond acceptors (Lipinski definition) is 1. The Morgan fingerprint density at radius 3 is 2.14 bits per heavy atom. The van der Waals surface area contributed by atoms with E-state index >= 15 is 0 Å². The molecule has 0 fully saturated rings. The van der Waals surface area contributed by atoms with Crippen LogP contribution in [0.25, 0.3) is 11.1 Å². The normalized spacial score (nSPS) is 11.5. The highest BCUT2D eigenvalue weighted by atomic mass is 19.4. The van der Waals surface area contributed by atoms with Crippen molar-refractivity contribution in [2.45, 2.75) is 6.18 Å². The number of benzene rings is 2. The molecule has 0 aliphatic heterocycles. The summed E-state index contributed by atoms with van der Waals surface area (Å²) < 4.78 is 65.5. The van der Waals surface area contributed by atoms with Crippen LogP contribution < -0.4 is 5.84 Å². The monoisotopic (exact) mass is 302 g/mol. The first kappa shape index (κ1) is 14.9. The Bertz CT molecular complexity index is 692. The van der Waals surface area contributed by atoms with Crippen LogP contribution in [-0.2, 0) is 6.18 Å². The van der Waals surface area contributed by atoms with Crippen molar-refractivity contribution in [3.63, 3.8) is 0 Å². The molecule has 0 aromatic heterocycles. The molecule has 21 heavy (non-hydrogen) atoms. The maximum absolute atomic E-state index is 13.6. The molecule has 2 rings (SSSR count). The minimum Gasteiger partial charge on any atom is -0.206 e. The summed E-state index contributed by atoms with van der Waals surface area (Å²) in [6, 6.07) is 5.91. The summed E-state index contributed by atoms with van der Waals surface area (Å²) in [7, 11) is 0. The van der Waals surface area contributed by atoms with Crippen LogP contribution in [0.15, 0.2) is 30.3 Å². The third-order valence-corrected chi connectivity index (χ3v) is 2.65. The maximum atomic E-state index is 13.6. The number of rotatable bonds is 2. The van der Waals surface area contributed by atoms with Crippen LogP contribution in [0.5, 0.6) is 0 Å². The van der Waals surface area contributed by atoms with Crippen molar-refractivity contribution in [3.8, 4) is 11.1 Å². The molecule has 2 aromatic rings. The van der Waals surface area contributed by atoms with Gasteiger partial charge in [-0.2, -0.15) is 19.0 Å². The fraction of sp³-hybridized carbons (Fsp3) is 0.0769. The van der Waals surface area contributed by atoms with Gasteiger partial charge in [0.25, 0.3) is 0 Å². The molecule has 0 aliphatic rings. The molecule has 0 spiro atoms. The number of nitroso groups, excluding NO2 is 1. The van der Waals surface area contributed by atoms with Crippen molar-refractivity contribution < 1.29 is 26.8 Å². The summed E-state index contributed by atoms with van der Waals surface area (Å²) >= 11 is 0. The van der Waals surface area contributed by atoms with E-state index in [1.165, 1.54) is 0 Å². The largest absolute Gasteiger partial charge is 0.417 e. The molecule has 0 amide bonds. The number of alkyl halides is 3. The fourth-order valence-electron chi connectivity index (χ4n) is 1.74. The molecule has 0 saturated carbocycles. The van der Waals surface area contributed by atoms with Crippen LogP contribution in [0.2, 0.25) is 0 Å². The van der Waals surface area contributed by atoms with Crippen molar-refractivity contribution in [1.29, 1.82) is 0 Å². The van der Waals surface area contributed by atoms with Gasteiger partial charge in [-0.05, 0) is 23.8 Å². The maximum Gasteiger partial charge on any atom is 0.417 e. The molecule has 0 bridgehead atoms. The molecule has 109 valence electrons. The Balaban J connectivity index is 2.75. The van der Waals surface area contributed by atoms with E-state index in [0.29, 0.717) is 6.07 Å². The van der Waals surface area contributed by atoms with E-state index < -0.39 is 40.2 Å². The summed E-state index contributed by atoms with van der Waals surface area (Å²) in [5, 5.41) is 0. The Morgan fingerprint density at radius 2 is 1.67 bits per heavy atom. The van der Waals surface area contributed by atoms with Gasteiger partial charge in [0, 0.05) is 6.07 Å².